The summed E-state index contributed by atoms with van der Waals surface area (Å²) < 4.78 is 11.3. The normalized spacial score (nSPS) is 24.9. The second-order valence-electron chi connectivity index (χ2n) is 7.09. The van der Waals surface area contributed by atoms with Crippen LogP contribution in [0, 0.1) is 5.92 Å². The number of nitrogens with zero attached hydrogens (tertiary/aromatic N) is 1. The third-order valence-corrected chi connectivity index (χ3v) is 6.17. The standard InChI is InChI=1S/C20H25N3O4S/c24-19(16-8-11-28-14-16)23-27-20(9-4-5-10-25-20)21-13-17-12-18(26-22-17)15-6-2-1-3-7-15/h1-3,6-7,12,16,21H,4-5,8-11,13-14H2,(H,23,24). The zero-order valence-electron chi connectivity index (χ0n) is 15.7. The van der Waals surface area contributed by atoms with Crippen molar-refractivity contribution in [3.63, 3.8) is 0 Å². The lowest BCUT2D eigenvalue weighted by atomic mass is 10.1. The van der Waals surface area contributed by atoms with Gasteiger partial charge in [-0.25, -0.2) is 10.3 Å². The molecule has 2 unspecified atom stereocenters. The lowest BCUT2D eigenvalue weighted by Crippen LogP contribution is -2.55. The van der Waals surface area contributed by atoms with Crippen molar-refractivity contribution in [3.8, 4) is 11.3 Å². The van der Waals surface area contributed by atoms with Crippen LogP contribution in [0.4, 0.5) is 0 Å². The van der Waals surface area contributed by atoms with Gasteiger partial charge in [-0.1, -0.05) is 35.5 Å². The molecule has 2 saturated heterocycles. The van der Waals surface area contributed by atoms with Gasteiger partial charge in [0.25, 0.3) is 5.91 Å². The van der Waals surface area contributed by atoms with Crippen molar-refractivity contribution < 1.29 is 18.9 Å². The van der Waals surface area contributed by atoms with Gasteiger partial charge in [0.2, 0.25) is 5.91 Å². The molecule has 2 atom stereocenters. The van der Waals surface area contributed by atoms with Gasteiger partial charge < -0.3 is 9.26 Å². The van der Waals surface area contributed by atoms with Gasteiger partial charge in [-0.2, -0.15) is 11.8 Å². The minimum absolute atomic E-state index is 0.00890. The second kappa shape index (κ2) is 9.09. The SMILES string of the molecule is O=C(NOC1(NCc2cc(-c3ccccc3)on2)CCCCO1)C1CCSC1. The largest absolute Gasteiger partial charge is 0.356 e. The van der Waals surface area contributed by atoms with E-state index in [0.29, 0.717) is 25.3 Å². The van der Waals surface area contributed by atoms with Crippen molar-refractivity contribution in [2.75, 3.05) is 18.1 Å². The molecule has 1 aromatic heterocycles. The van der Waals surface area contributed by atoms with Crippen LogP contribution in [0.25, 0.3) is 11.3 Å². The molecule has 0 aliphatic carbocycles. The van der Waals surface area contributed by atoms with Gasteiger partial charge in [0.05, 0.1) is 12.3 Å². The highest BCUT2D eigenvalue weighted by Crippen LogP contribution is 2.26. The maximum Gasteiger partial charge on any atom is 0.251 e. The number of aromatic nitrogens is 1. The highest BCUT2D eigenvalue weighted by Gasteiger charge is 2.36. The van der Waals surface area contributed by atoms with E-state index in [9.17, 15) is 4.79 Å². The summed E-state index contributed by atoms with van der Waals surface area (Å²) in [6, 6.07) is 11.7. The van der Waals surface area contributed by atoms with Crippen LogP contribution in [-0.2, 0) is 20.9 Å². The Morgan fingerprint density at radius 3 is 2.96 bits per heavy atom. The summed E-state index contributed by atoms with van der Waals surface area (Å²) in [7, 11) is 0. The Labute approximate surface area is 168 Å². The summed E-state index contributed by atoms with van der Waals surface area (Å²) in [6.07, 6.45) is 3.47. The molecule has 0 saturated carbocycles. The fourth-order valence-corrected chi connectivity index (χ4v) is 4.56. The maximum atomic E-state index is 12.3. The molecule has 28 heavy (non-hydrogen) atoms. The van der Waals surface area contributed by atoms with E-state index in [1.807, 2.05) is 36.4 Å². The van der Waals surface area contributed by atoms with Crippen LogP contribution in [0.15, 0.2) is 40.9 Å². The monoisotopic (exact) mass is 403 g/mol. The van der Waals surface area contributed by atoms with Crippen LogP contribution in [0.2, 0.25) is 0 Å². The number of ether oxygens (including phenoxy) is 1. The number of hydroxylamine groups is 1. The third kappa shape index (κ3) is 4.75. The quantitative estimate of drug-likeness (QED) is 0.543. The Balaban J connectivity index is 1.36. The van der Waals surface area contributed by atoms with Gasteiger partial charge in [-0.15, -0.1) is 0 Å². The highest BCUT2D eigenvalue weighted by molar-refractivity contribution is 7.99. The number of rotatable bonds is 7. The molecule has 0 spiro atoms. The molecule has 0 bridgehead atoms. The number of benzene rings is 1. The van der Waals surface area contributed by atoms with E-state index in [2.05, 4.69) is 16.0 Å². The van der Waals surface area contributed by atoms with Gasteiger partial charge in [0, 0.05) is 36.3 Å². The van der Waals surface area contributed by atoms with Crippen LogP contribution < -0.4 is 10.8 Å². The summed E-state index contributed by atoms with van der Waals surface area (Å²) in [5.41, 5.74) is 4.34. The second-order valence-corrected chi connectivity index (χ2v) is 8.24. The van der Waals surface area contributed by atoms with E-state index >= 15 is 0 Å². The molecule has 7 nitrogen and oxygen atoms in total. The summed E-state index contributed by atoms with van der Waals surface area (Å²) in [5.74, 6) is 1.48. The summed E-state index contributed by atoms with van der Waals surface area (Å²) in [5, 5.41) is 7.40. The summed E-state index contributed by atoms with van der Waals surface area (Å²) >= 11 is 1.80. The first-order chi connectivity index (χ1) is 13.7. The molecule has 2 aromatic rings. The lowest BCUT2D eigenvalue weighted by molar-refractivity contribution is -0.298. The Bertz CT molecular complexity index is 771. The fourth-order valence-electron chi connectivity index (χ4n) is 3.34. The van der Waals surface area contributed by atoms with E-state index in [4.69, 9.17) is 14.1 Å². The van der Waals surface area contributed by atoms with Crippen LogP contribution in [-0.4, -0.2) is 35.1 Å². The first-order valence-electron chi connectivity index (χ1n) is 9.70. The first-order valence-corrected chi connectivity index (χ1v) is 10.9. The minimum Gasteiger partial charge on any atom is -0.356 e. The molecule has 150 valence electrons. The van der Waals surface area contributed by atoms with Crippen molar-refractivity contribution in [3.05, 3.63) is 42.1 Å². The van der Waals surface area contributed by atoms with E-state index in [0.717, 1.165) is 42.0 Å². The molecule has 2 aliphatic heterocycles. The van der Waals surface area contributed by atoms with E-state index < -0.39 is 5.91 Å². The van der Waals surface area contributed by atoms with Crippen LogP contribution in [0.1, 0.15) is 31.4 Å². The lowest BCUT2D eigenvalue weighted by Gasteiger charge is -2.36. The van der Waals surface area contributed by atoms with Crippen LogP contribution >= 0.6 is 11.8 Å². The number of carbonyl (C=O) groups is 1. The Morgan fingerprint density at radius 1 is 1.32 bits per heavy atom. The minimum atomic E-state index is -1.04. The smallest absolute Gasteiger partial charge is 0.251 e. The maximum absolute atomic E-state index is 12.3. The molecular weight excluding hydrogens is 378 g/mol. The predicted octanol–water partition coefficient (Wildman–Crippen LogP) is 3.09. The van der Waals surface area contributed by atoms with Gasteiger partial charge in [0.1, 0.15) is 0 Å². The summed E-state index contributed by atoms with van der Waals surface area (Å²) in [4.78, 5) is 18.1. The number of hydrogen-bond donors (Lipinski definition) is 2. The van der Waals surface area contributed by atoms with Crippen molar-refractivity contribution in [2.24, 2.45) is 5.92 Å². The van der Waals surface area contributed by atoms with Crippen molar-refractivity contribution in [2.45, 2.75) is 38.1 Å². The van der Waals surface area contributed by atoms with E-state index in [-0.39, 0.29) is 11.8 Å². The molecule has 1 aromatic carbocycles. The predicted molar refractivity (Wildman–Crippen MR) is 106 cm³/mol. The van der Waals surface area contributed by atoms with Gasteiger partial charge in [0.15, 0.2) is 5.76 Å². The third-order valence-electron chi connectivity index (χ3n) is 5.01. The highest BCUT2D eigenvalue weighted by atomic mass is 32.2. The van der Waals surface area contributed by atoms with E-state index in [1.54, 1.807) is 11.8 Å². The Kier molecular flexibility index (Phi) is 6.31. The average Bonchev–Trinajstić information content (AvgIpc) is 3.44. The molecule has 2 N–H and O–H groups in total. The molecule has 2 aliphatic rings. The average molecular weight is 404 g/mol. The van der Waals surface area contributed by atoms with Gasteiger partial charge in [-0.05, 0) is 25.0 Å². The Hall–Kier alpha value is -1.87. The van der Waals surface area contributed by atoms with Crippen molar-refractivity contribution in [1.29, 1.82) is 0 Å². The number of nitrogens with one attached hydrogen (secondary N) is 2. The molecular formula is C20H25N3O4S. The molecule has 4 rings (SSSR count). The zero-order valence-corrected chi connectivity index (χ0v) is 16.5. The number of hydrogen-bond acceptors (Lipinski definition) is 7. The number of thioether (sulfide) groups is 1. The molecule has 8 heteroatoms. The van der Waals surface area contributed by atoms with Gasteiger partial charge >= 0.3 is 0 Å². The summed E-state index contributed by atoms with van der Waals surface area (Å²) in [6.45, 7) is 0.988. The van der Waals surface area contributed by atoms with E-state index in [1.165, 1.54) is 0 Å². The molecule has 2 fully saturated rings. The van der Waals surface area contributed by atoms with Crippen LogP contribution in [0.3, 0.4) is 0 Å². The topological polar surface area (TPSA) is 85.6 Å². The Morgan fingerprint density at radius 2 is 2.21 bits per heavy atom. The number of amides is 1. The van der Waals surface area contributed by atoms with Crippen molar-refractivity contribution in [1.82, 2.24) is 16.0 Å². The van der Waals surface area contributed by atoms with Crippen molar-refractivity contribution >= 4 is 17.7 Å². The molecule has 0 radical (unpaired) electrons. The van der Waals surface area contributed by atoms with Crippen LogP contribution in [0.5, 0.6) is 0 Å². The zero-order chi connectivity index (χ0) is 19.2. The number of carbonyl (C=O) groups excluding carboxylic acids is 1. The molecule has 1 amide bonds. The van der Waals surface area contributed by atoms with Gasteiger partial charge in [-0.3, -0.25) is 10.1 Å². The fraction of sp³-hybridized carbons (Fsp3) is 0.500. The first kappa shape index (κ1) is 19.4. The molecule has 3 heterocycles.